The average molecular weight is 450 g/mol. The second-order valence-corrected chi connectivity index (χ2v) is 9.31. The number of para-hydroxylation sites is 1. The normalized spacial score (nSPS) is 19.0. The van der Waals surface area contributed by atoms with Gasteiger partial charge in [-0.15, -0.1) is 0 Å². The van der Waals surface area contributed by atoms with E-state index in [0.717, 1.165) is 42.2 Å². The molecule has 176 valence electrons. The summed E-state index contributed by atoms with van der Waals surface area (Å²) in [6.45, 7) is 4.50. The molecule has 1 spiro atoms. The minimum Gasteiger partial charge on any atom is -0.487 e. The molecule has 4 N–H and O–H groups in total. The Hall–Kier alpha value is -3.22. The highest BCUT2D eigenvalue weighted by Gasteiger charge is 2.43. The number of fused-ring (bicyclic) bond motifs is 1. The molecule has 2 aromatic rings. The summed E-state index contributed by atoms with van der Waals surface area (Å²) in [5, 5.41) is 12.7. The number of nitrogens with one attached hydrogen (secondary N) is 4. The third kappa shape index (κ3) is 5.78. The molecular weight excluding hydrogens is 414 g/mol. The summed E-state index contributed by atoms with van der Waals surface area (Å²) in [5.41, 5.74) is 3.00. The van der Waals surface area contributed by atoms with Crippen molar-refractivity contribution in [1.29, 1.82) is 0 Å². The molecule has 7 heteroatoms. The fourth-order valence-electron chi connectivity index (χ4n) is 4.75. The monoisotopic (exact) mass is 449 g/mol. The summed E-state index contributed by atoms with van der Waals surface area (Å²) in [6.07, 6.45) is 5.63. The molecule has 1 unspecified atom stereocenters. The Morgan fingerprint density at radius 3 is 2.55 bits per heavy atom. The molecule has 0 bridgehead atoms. The number of hydrogen-bond donors (Lipinski definition) is 4. The molecule has 1 aliphatic heterocycles. The molecule has 7 nitrogen and oxygen atoms in total. The summed E-state index contributed by atoms with van der Waals surface area (Å²) in [6, 6.07) is 16.2. The maximum absolute atomic E-state index is 11.9. The number of aliphatic imine (C=N–C) groups is 1. The highest BCUT2D eigenvalue weighted by Crippen LogP contribution is 2.46. The summed E-state index contributed by atoms with van der Waals surface area (Å²) in [7, 11) is 1.80. The Labute approximate surface area is 196 Å². The van der Waals surface area contributed by atoms with E-state index in [2.05, 4.69) is 44.5 Å². The van der Waals surface area contributed by atoms with Crippen molar-refractivity contribution in [2.24, 2.45) is 4.99 Å². The van der Waals surface area contributed by atoms with Gasteiger partial charge in [0.2, 0.25) is 0 Å². The molecule has 0 radical (unpaired) electrons. The fraction of sp³-hybridized carbons (Fsp3) is 0.462. The van der Waals surface area contributed by atoms with Gasteiger partial charge in [0.15, 0.2) is 5.96 Å². The molecule has 1 atom stereocenters. The van der Waals surface area contributed by atoms with Crippen molar-refractivity contribution >= 4 is 17.7 Å². The van der Waals surface area contributed by atoms with Crippen molar-refractivity contribution in [3.63, 3.8) is 0 Å². The molecule has 0 aromatic heterocycles. The van der Waals surface area contributed by atoms with E-state index in [9.17, 15) is 4.79 Å². The Kier molecular flexibility index (Phi) is 7.06. The molecule has 2 amide bonds. The van der Waals surface area contributed by atoms with Crippen molar-refractivity contribution in [2.75, 3.05) is 12.4 Å². The number of benzene rings is 2. The van der Waals surface area contributed by atoms with Gasteiger partial charge >= 0.3 is 6.03 Å². The zero-order chi connectivity index (χ0) is 23.3. The van der Waals surface area contributed by atoms with E-state index in [1.807, 2.05) is 44.2 Å². The molecule has 1 saturated carbocycles. The topological polar surface area (TPSA) is 86.8 Å². The van der Waals surface area contributed by atoms with Crippen LogP contribution in [0.1, 0.15) is 63.1 Å². The van der Waals surface area contributed by atoms with Gasteiger partial charge in [-0.3, -0.25) is 4.99 Å². The zero-order valence-corrected chi connectivity index (χ0v) is 19.8. The van der Waals surface area contributed by atoms with E-state index in [1.54, 1.807) is 7.05 Å². The van der Waals surface area contributed by atoms with Gasteiger partial charge in [0.05, 0.1) is 6.04 Å². The molecule has 33 heavy (non-hydrogen) atoms. The zero-order valence-electron chi connectivity index (χ0n) is 19.8. The number of carbonyl (C=O) groups is 1. The van der Waals surface area contributed by atoms with Crippen molar-refractivity contribution in [2.45, 2.75) is 70.2 Å². The first-order valence-electron chi connectivity index (χ1n) is 11.9. The lowest BCUT2D eigenvalue weighted by Crippen LogP contribution is -2.46. The van der Waals surface area contributed by atoms with Crippen molar-refractivity contribution in [3.05, 3.63) is 59.7 Å². The largest absolute Gasteiger partial charge is 0.487 e. The van der Waals surface area contributed by atoms with E-state index in [-0.39, 0.29) is 23.7 Å². The third-order valence-electron chi connectivity index (χ3n) is 6.34. The van der Waals surface area contributed by atoms with Gasteiger partial charge in [-0.05, 0) is 63.3 Å². The molecule has 0 saturated heterocycles. The number of nitrogens with zero attached hydrogens (tertiary/aromatic N) is 1. The van der Waals surface area contributed by atoms with Gasteiger partial charge in [-0.25, -0.2) is 4.79 Å². The molecule has 1 aliphatic carbocycles. The molecular formula is C26H35N5O2. The van der Waals surface area contributed by atoms with Crippen LogP contribution in [0.25, 0.3) is 0 Å². The van der Waals surface area contributed by atoms with Gasteiger partial charge in [-0.1, -0.05) is 30.3 Å². The minimum atomic E-state index is -0.197. The van der Waals surface area contributed by atoms with E-state index in [0.29, 0.717) is 6.54 Å². The number of anilines is 1. The lowest BCUT2D eigenvalue weighted by Gasteiger charge is -2.40. The van der Waals surface area contributed by atoms with Crippen molar-refractivity contribution in [1.82, 2.24) is 16.0 Å². The minimum absolute atomic E-state index is 0.0600. The molecule has 2 aliphatic rings. The van der Waals surface area contributed by atoms with Gasteiger partial charge in [0, 0.05) is 37.3 Å². The smallest absolute Gasteiger partial charge is 0.319 e. The van der Waals surface area contributed by atoms with Gasteiger partial charge in [0.1, 0.15) is 11.4 Å². The van der Waals surface area contributed by atoms with Crippen LogP contribution in [0.2, 0.25) is 0 Å². The number of carbonyl (C=O) groups excluding carboxylic acids is 1. The number of ether oxygens (including phenoxy) is 1. The predicted octanol–water partition coefficient (Wildman–Crippen LogP) is 4.72. The van der Waals surface area contributed by atoms with Crippen LogP contribution in [0.3, 0.4) is 0 Å². The van der Waals surface area contributed by atoms with Crippen LogP contribution in [0.15, 0.2) is 53.5 Å². The summed E-state index contributed by atoms with van der Waals surface area (Å²) >= 11 is 0. The third-order valence-corrected chi connectivity index (χ3v) is 6.34. The van der Waals surface area contributed by atoms with Gasteiger partial charge in [-0.2, -0.15) is 0 Å². The number of rotatable bonds is 5. The van der Waals surface area contributed by atoms with Crippen LogP contribution in [0.4, 0.5) is 10.5 Å². The van der Waals surface area contributed by atoms with E-state index in [1.165, 1.54) is 18.4 Å². The highest BCUT2D eigenvalue weighted by molar-refractivity contribution is 5.89. The van der Waals surface area contributed by atoms with Crippen LogP contribution >= 0.6 is 0 Å². The molecule has 4 rings (SSSR count). The Morgan fingerprint density at radius 1 is 1.12 bits per heavy atom. The van der Waals surface area contributed by atoms with Crippen LogP contribution in [0, 0.1) is 0 Å². The van der Waals surface area contributed by atoms with Crippen LogP contribution < -0.4 is 26.0 Å². The maximum atomic E-state index is 11.9. The standard InChI is InChI=1S/C26H35N5O2/c1-18(2)29-25(32)30-20-12-10-19(11-13-20)17-28-24(27-3)31-22-16-26(14-6-7-15-26)33-23-9-5-4-8-21(22)23/h4-5,8-13,18,22H,6-7,14-17H2,1-3H3,(H2,27,28,31)(H2,29,30,32). The fourth-order valence-corrected chi connectivity index (χ4v) is 4.75. The van der Waals surface area contributed by atoms with E-state index >= 15 is 0 Å². The Morgan fingerprint density at radius 2 is 1.85 bits per heavy atom. The second-order valence-electron chi connectivity index (χ2n) is 9.31. The van der Waals surface area contributed by atoms with Gasteiger partial charge in [0.25, 0.3) is 0 Å². The van der Waals surface area contributed by atoms with Gasteiger partial charge < -0.3 is 26.0 Å². The number of hydrogen-bond acceptors (Lipinski definition) is 3. The van der Waals surface area contributed by atoms with Crippen molar-refractivity contribution < 1.29 is 9.53 Å². The first-order chi connectivity index (χ1) is 16.0. The lowest BCUT2D eigenvalue weighted by molar-refractivity contribution is 0.0396. The number of guanidine groups is 1. The van der Waals surface area contributed by atoms with Crippen LogP contribution in [-0.2, 0) is 6.54 Å². The quantitative estimate of drug-likeness (QED) is 0.393. The van der Waals surface area contributed by atoms with Crippen molar-refractivity contribution in [3.8, 4) is 5.75 Å². The first-order valence-corrected chi connectivity index (χ1v) is 11.9. The van der Waals surface area contributed by atoms with E-state index in [4.69, 9.17) is 4.74 Å². The molecule has 1 fully saturated rings. The lowest BCUT2D eigenvalue weighted by atomic mass is 9.86. The van der Waals surface area contributed by atoms with Crippen LogP contribution in [-0.4, -0.2) is 30.7 Å². The second kappa shape index (κ2) is 10.1. The Bertz CT molecular complexity index is 980. The summed E-state index contributed by atoms with van der Waals surface area (Å²) in [5.74, 6) is 1.76. The molecule has 1 heterocycles. The first kappa shape index (κ1) is 23.0. The summed E-state index contributed by atoms with van der Waals surface area (Å²) < 4.78 is 6.48. The number of amides is 2. The maximum Gasteiger partial charge on any atom is 0.319 e. The average Bonchev–Trinajstić information content (AvgIpc) is 3.24. The Balaban J connectivity index is 1.36. The van der Waals surface area contributed by atoms with E-state index < -0.39 is 0 Å². The highest BCUT2D eigenvalue weighted by atomic mass is 16.5. The SMILES string of the molecule is CN=C(NCc1ccc(NC(=O)NC(C)C)cc1)NC1CC2(CCCC2)Oc2ccccc21. The van der Waals surface area contributed by atoms with Crippen LogP contribution in [0.5, 0.6) is 5.75 Å². The predicted molar refractivity (Wildman–Crippen MR) is 133 cm³/mol. The molecule has 2 aromatic carbocycles. The number of urea groups is 1. The summed E-state index contributed by atoms with van der Waals surface area (Å²) in [4.78, 5) is 16.3.